The highest BCUT2D eigenvalue weighted by Gasteiger charge is 2.43. The maximum Gasteiger partial charge on any atom is 0.0309 e. The quantitative estimate of drug-likeness (QED) is 0.855. The van der Waals surface area contributed by atoms with E-state index >= 15 is 0 Å². The zero-order chi connectivity index (χ0) is 14.0. The summed E-state index contributed by atoms with van der Waals surface area (Å²) in [6.45, 7) is 7.29. The number of nitrogens with one attached hydrogen (secondary N) is 1. The van der Waals surface area contributed by atoms with E-state index in [1.807, 2.05) is 0 Å². The fourth-order valence-corrected chi connectivity index (χ4v) is 6.02. The van der Waals surface area contributed by atoms with Gasteiger partial charge in [-0.25, -0.2) is 0 Å². The van der Waals surface area contributed by atoms with Gasteiger partial charge in [0.2, 0.25) is 0 Å². The van der Waals surface area contributed by atoms with Gasteiger partial charge in [0, 0.05) is 36.0 Å². The molecule has 20 heavy (non-hydrogen) atoms. The first kappa shape index (κ1) is 15.2. The first-order valence-corrected chi connectivity index (χ1v) is 9.91. The average molecular weight is 297 g/mol. The molecule has 3 fully saturated rings. The second-order valence-electron chi connectivity index (χ2n) is 7.24. The Morgan fingerprint density at radius 2 is 1.95 bits per heavy atom. The minimum absolute atomic E-state index is 0.467. The van der Waals surface area contributed by atoms with E-state index in [0.29, 0.717) is 5.54 Å². The third kappa shape index (κ3) is 3.05. The van der Waals surface area contributed by atoms with Crippen LogP contribution in [0.2, 0.25) is 0 Å². The van der Waals surface area contributed by atoms with Crippen molar-refractivity contribution in [2.24, 2.45) is 0 Å². The van der Waals surface area contributed by atoms with Crippen LogP contribution in [0.1, 0.15) is 65.2 Å². The summed E-state index contributed by atoms with van der Waals surface area (Å²) in [7, 11) is 0. The van der Waals surface area contributed by atoms with E-state index in [4.69, 9.17) is 0 Å². The van der Waals surface area contributed by atoms with Crippen LogP contribution in [0.15, 0.2) is 0 Å². The highest BCUT2D eigenvalue weighted by Crippen LogP contribution is 2.38. The minimum atomic E-state index is 0.467. The molecule has 0 aromatic rings. The van der Waals surface area contributed by atoms with Crippen molar-refractivity contribution < 1.29 is 0 Å². The van der Waals surface area contributed by atoms with Crippen LogP contribution < -0.4 is 5.32 Å². The molecule has 1 heterocycles. The smallest absolute Gasteiger partial charge is 0.0309 e. The van der Waals surface area contributed by atoms with Crippen LogP contribution in [0.5, 0.6) is 0 Å². The molecule has 3 unspecified atom stereocenters. The van der Waals surface area contributed by atoms with E-state index < -0.39 is 0 Å². The maximum atomic E-state index is 3.94. The molecular formula is C17H32N2S. The number of nitrogens with zero attached hydrogens (tertiary/aromatic N) is 1. The second kappa shape index (κ2) is 6.58. The van der Waals surface area contributed by atoms with Gasteiger partial charge in [-0.15, -0.1) is 0 Å². The molecule has 3 atom stereocenters. The summed E-state index contributed by atoms with van der Waals surface area (Å²) in [6.07, 6.45) is 11.5. The van der Waals surface area contributed by atoms with Crippen LogP contribution in [0.25, 0.3) is 0 Å². The monoisotopic (exact) mass is 296 g/mol. The molecule has 0 radical (unpaired) electrons. The van der Waals surface area contributed by atoms with Gasteiger partial charge in [-0.2, -0.15) is 11.8 Å². The topological polar surface area (TPSA) is 15.3 Å². The molecule has 2 aliphatic carbocycles. The lowest BCUT2D eigenvalue weighted by Crippen LogP contribution is -2.66. The van der Waals surface area contributed by atoms with Crippen molar-refractivity contribution in [3.63, 3.8) is 0 Å². The molecule has 0 bridgehead atoms. The molecule has 1 saturated heterocycles. The molecule has 0 amide bonds. The summed E-state index contributed by atoms with van der Waals surface area (Å²) < 4.78 is 0. The zero-order valence-corrected chi connectivity index (χ0v) is 14.2. The zero-order valence-electron chi connectivity index (χ0n) is 13.4. The van der Waals surface area contributed by atoms with E-state index in [0.717, 1.165) is 17.3 Å². The number of hydrogen-bond donors (Lipinski definition) is 1. The molecule has 1 spiro atoms. The SMILES string of the molecule is CCSC1CCCC1N1CC2(CCCCC2)NCC1C. The van der Waals surface area contributed by atoms with Crippen molar-refractivity contribution in [3.8, 4) is 0 Å². The van der Waals surface area contributed by atoms with E-state index in [1.54, 1.807) is 0 Å². The van der Waals surface area contributed by atoms with Crippen molar-refractivity contribution in [2.45, 2.75) is 88.1 Å². The molecule has 0 aromatic heterocycles. The van der Waals surface area contributed by atoms with Gasteiger partial charge in [0.1, 0.15) is 0 Å². The van der Waals surface area contributed by atoms with Gasteiger partial charge >= 0.3 is 0 Å². The van der Waals surface area contributed by atoms with Gasteiger partial charge in [0.05, 0.1) is 0 Å². The summed E-state index contributed by atoms with van der Waals surface area (Å²) >= 11 is 2.22. The van der Waals surface area contributed by atoms with Crippen molar-refractivity contribution >= 4 is 11.8 Å². The van der Waals surface area contributed by atoms with Crippen LogP contribution in [-0.4, -0.2) is 46.6 Å². The van der Waals surface area contributed by atoms with Crippen LogP contribution in [0, 0.1) is 0 Å². The van der Waals surface area contributed by atoms with Crippen LogP contribution in [0.3, 0.4) is 0 Å². The molecule has 1 aliphatic heterocycles. The Hall–Kier alpha value is 0.270. The Labute approximate surface area is 129 Å². The Kier molecular flexibility index (Phi) is 4.99. The van der Waals surface area contributed by atoms with Crippen molar-refractivity contribution in [1.29, 1.82) is 0 Å². The highest BCUT2D eigenvalue weighted by molar-refractivity contribution is 7.99. The molecule has 116 valence electrons. The van der Waals surface area contributed by atoms with E-state index in [1.165, 1.54) is 70.2 Å². The lowest BCUT2D eigenvalue weighted by atomic mass is 9.79. The lowest BCUT2D eigenvalue weighted by Gasteiger charge is -2.51. The largest absolute Gasteiger partial charge is 0.308 e. The molecule has 2 saturated carbocycles. The van der Waals surface area contributed by atoms with Gasteiger partial charge in [0.25, 0.3) is 0 Å². The summed E-state index contributed by atoms with van der Waals surface area (Å²) in [4.78, 5) is 2.90. The van der Waals surface area contributed by atoms with E-state index in [9.17, 15) is 0 Å². The Morgan fingerprint density at radius 1 is 1.15 bits per heavy atom. The lowest BCUT2D eigenvalue weighted by molar-refractivity contribution is 0.0341. The van der Waals surface area contributed by atoms with Crippen molar-refractivity contribution in [1.82, 2.24) is 10.2 Å². The first-order valence-electron chi connectivity index (χ1n) is 8.86. The Bertz CT molecular complexity index is 314. The summed E-state index contributed by atoms with van der Waals surface area (Å²) in [6, 6.07) is 1.58. The third-order valence-corrected chi connectivity index (χ3v) is 7.17. The fourth-order valence-electron chi connectivity index (χ4n) is 4.74. The van der Waals surface area contributed by atoms with Gasteiger partial charge in [-0.05, 0) is 38.4 Å². The van der Waals surface area contributed by atoms with Crippen molar-refractivity contribution in [3.05, 3.63) is 0 Å². The number of hydrogen-bond acceptors (Lipinski definition) is 3. The predicted molar refractivity (Wildman–Crippen MR) is 89.5 cm³/mol. The summed E-state index contributed by atoms with van der Waals surface area (Å²) in [5.41, 5.74) is 0.467. The average Bonchev–Trinajstić information content (AvgIpc) is 2.92. The van der Waals surface area contributed by atoms with Crippen LogP contribution in [-0.2, 0) is 0 Å². The molecule has 3 aliphatic rings. The molecule has 0 aromatic carbocycles. The number of rotatable bonds is 3. The second-order valence-corrected chi connectivity index (χ2v) is 8.75. The molecule has 1 N–H and O–H groups in total. The van der Waals surface area contributed by atoms with Crippen LogP contribution >= 0.6 is 11.8 Å². The van der Waals surface area contributed by atoms with Gasteiger partial charge < -0.3 is 5.32 Å². The Balaban J connectivity index is 1.70. The van der Waals surface area contributed by atoms with Gasteiger partial charge in [-0.3, -0.25) is 4.90 Å². The van der Waals surface area contributed by atoms with Gasteiger partial charge in [-0.1, -0.05) is 32.6 Å². The fraction of sp³-hybridized carbons (Fsp3) is 1.00. The number of piperazine rings is 1. The normalized spacial score (nSPS) is 38.4. The Morgan fingerprint density at radius 3 is 2.70 bits per heavy atom. The van der Waals surface area contributed by atoms with Gasteiger partial charge in [0.15, 0.2) is 0 Å². The van der Waals surface area contributed by atoms with Crippen LogP contribution in [0.4, 0.5) is 0 Å². The summed E-state index contributed by atoms with van der Waals surface area (Å²) in [5, 5.41) is 4.84. The molecule has 2 nitrogen and oxygen atoms in total. The third-order valence-electron chi connectivity index (χ3n) is 5.86. The van der Waals surface area contributed by atoms with Crippen molar-refractivity contribution in [2.75, 3.05) is 18.8 Å². The standard InChI is InChI=1S/C17H32N2S/c1-3-20-16-9-7-8-15(16)19-13-17(18-12-14(19)2)10-5-4-6-11-17/h14-16,18H,3-13H2,1-2H3. The predicted octanol–water partition coefficient (Wildman–Crippen LogP) is 3.66. The first-order chi connectivity index (χ1) is 9.74. The number of thioether (sulfide) groups is 1. The molecule has 3 heteroatoms. The summed E-state index contributed by atoms with van der Waals surface area (Å²) in [5.74, 6) is 1.28. The highest BCUT2D eigenvalue weighted by atomic mass is 32.2. The molecule has 3 rings (SSSR count). The minimum Gasteiger partial charge on any atom is -0.308 e. The maximum absolute atomic E-state index is 3.94. The van der Waals surface area contributed by atoms with E-state index in [2.05, 4.69) is 35.8 Å². The molecular weight excluding hydrogens is 264 g/mol. The van der Waals surface area contributed by atoms with E-state index in [-0.39, 0.29) is 0 Å².